The monoisotopic (exact) mass is 365 g/mol. The summed E-state index contributed by atoms with van der Waals surface area (Å²) in [5, 5.41) is 0.991. The molecule has 1 aliphatic rings. The minimum absolute atomic E-state index is 0.229. The number of carbonyl (C=O) groups is 1. The largest absolute Gasteiger partial charge is 0.433 e. The lowest BCUT2D eigenvalue weighted by Crippen LogP contribution is -2.11. The molecule has 2 aromatic carbocycles. The molecule has 0 amide bonds. The molecule has 3 aromatic rings. The highest BCUT2D eigenvalue weighted by molar-refractivity contribution is 7.90. The zero-order valence-corrected chi connectivity index (χ0v) is 14.7. The van der Waals surface area contributed by atoms with E-state index in [4.69, 9.17) is 4.74 Å². The van der Waals surface area contributed by atoms with Gasteiger partial charge in [0.1, 0.15) is 5.92 Å². The Balaban J connectivity index is 1.75. The zero-order valence-electron chi connectivity index (χ0n) is 13.9. The average molecular weight is 365 g/mol. The molecule has 0 spiro atoms. The number of nitrogens with zero attached hydrogens (tertiary/aromatic N) is 1. The normalized spacial score (nSPS) is 17.2. The van der Waals surface area contributed by atoms with Crippen LogP contribution in [-0.4, -0.2) is 25.6 Å². The van der Waals surface area contributed by atoms with Crippen LogP contribution >= 0.6 is 0 Å². The first-order chi connectivity index (χ1) is 12.4. The van der Waals surface area contributed by atoms with Gasteiger partial charge in [0.25, 0.3) is 0 Å². The van der Waals surface area contributed by atoms with Crippen molar-refractivity contribution in [2.45, 2.75) is 10.8 Å². The van der Waals surface area contributed by atoms with E-state index in [1.54, 1.807) is 12.1 Å². The van der Waals surface area contributed by atoms with Crippen LogP contribution in [-0.2, 0) is 19.4 Å². The van der Waals surface area contributed by atoms with E-state index in [0.717, 1.165) is 22.7 Å². The SMILES string of the molecule is CS(=O)(=O)c1ccc(C2=COC(=O)C2c2ccc3ccccc3n2)cc1. The standard InChI is InChI=1S/C20H15NO4S/c1-26(23,24)15-9-6-13(7-10-15)16-12-25-20(22)19(16)18-11-8-14-4-2-3-5-17(14)21-18/h2-12,19H,1H3. The number of benzene rings is 2. The molecule has 4 rings (SSSR count). The molecule has 2 heterocycles. The number of sulfone groups is 1. The van der Waals surface area contributed by atoms with Gasteiger partial charge in [-0.05, 0) is 29.8 Å². The van der Waals surface area contributed by atoms with Crippen molar-refractivity contribution in [1.29, 1.82) is 0 Å². The van der Waals surface area contributed by atoms with E-state index in [-0.39, 0.29) is 4.90 Å². The van der Waals surface area contributed by atoms with Gasteiger partial charge < -0.3 is 4.74 Å². The number of esters is 1. The summed E-state index contributed by atoms with van der Waals surface area (Å²) >= 11 is 0. The summed E-state index contributed by atoms with van der Waals surface area (Å²) in [7, 11) is -3.27. The molecule has 130 valence electrons. The topological polar surface area (TPSA) is 73.3 Å². The van der Waals surface area contributed by atoms with Crippen molar-refractivity contribution in [3.8, 4) is 0 Å². The summed E-state index contributed by atoms with van der Waals surface area (Å²) in [6.07, 6.45) is 2.57. The minimum atomic E-state index is -3.27. The van der Waals surface area contributed by atoms with Gasteiger partial charge in [-0.3, -0.25) is 9.78 Å². The number of ether oxygens (including phenoxy) is 1. The van der Waals surface area contributed by atoms with Crippen molar-refractivity contribution in [1.82, 2.24) is 4.98 Å². The fourth-order valence-electron chi connectivity index (χ4n) is 3.04. The van der Waals surface area contributed by atoms with Crippen LogP contribution in [0.2, 0.25) is 0 Å². The number of para-hydroxylation sites is 1. The molecule has 1 aliphatic heterocycles. The Kier molecular flexibility index (Phi) is 3.85. The second kappa shape index (κ2) is 6.07. The summed E-state index contributed by atoms with van der Waals surface area (Å²) in [5.41, 5.74) is 2.79. The Morgan fingerprint density at radius 1 is 0.962 bits per heavy atom. The van der Waals surface area contributed by atoms with E-state index in [2.05, 4.69) is 4.98 Å². The number of pyridine rings is 1. The molecule has 0 fully saturated rings. The van der Waals surface area contributed by atoms with Crippen LogP contribution in [0.15, 0.2) is 71.8 Å². The number of rotatable bonds is 3. The number of aromatic nitrogens is 1. The van der Waals surface area contributed by atoms with Crippen LogP contribution in [0.4, 0.5) is 0 Å². The Labute approximate surface area is 150 Å². The Hall–Kier alpha value is -2.99. The molecule has 5 nitrogen and oxygen atoms in total. The third kappa shape index (κ3) is 2.88. The molecular weight excluding hydrogens is 350 g/mol. The van der Waals surface area contributed by atoms with Crippen molar-refractivity contribution >= 4 is 32.3 Å². The van der Waals surface area contributed by atoms with Gasteiger partial charge in [0, 0.05) is 17.2 Å². The lowest BCUT2D eigenvalue weighted by atomic mass is 9.91. The minimum Gasteiger partial charge on any atom is -0.433 e. The molecule has 0 radical (unpaired) electrons. The second-order valence-corrected chi connectivity index (χ2v) is 8.18. The number of cyclic esters (lactones) is 1. The van der Waals surface area contributed by atoms with Crippen LogP contribution < -0.4 is 0 Å². The van der Waals surface area contributed by atoms with E-state index >= 15 is 0 Å². The summed E-state index contributed by atoms with van der Waals surface area (Å²) in [5.74, 6) is -1.03. The predicted octanol–water partition coefficient (Wildman–Crippen LogP) is 3.32. The quantitative estimate of drug-likeness (QED) is 0.666. The van der Waals surface area contributed by atoms with Crippen molar-refractivity contribution in [2.24, 2.45) is 0 Å². The van der Waals surface area contributed by atoms with Crippen molar-refractivity contribution in [3.63, 3.8) is 0 Å². The van der Waals surface area contributed by atoms with Crippen molar-refractivity contribution < 1.29 is 17.9 Å². The Bertz CT molecular complexity index is 1150. The van der Waals surface area contributed by atoms with Crippen molar-refractivity contribution in [3.05, 3.63) is 78.2 Å². The maximum Gasteiger partial charge on any atom is 0.324 e. The molecule has 0 bridgehead atoms. The summed E-state index contributed by atoms with van der Waals surface area (Å²) in [6, 6.07) is 17.8. The fourth-order valence-corrected chi connectivity index (χ4v) is 3.67. The molecule has 0 N–H and O–H groups in total. The highest BCUT2D eigenvalue weighted by Gasteiger charge is 2.34. The van der Waals surface area contributed by atoms with E-state index in [1.165, 1.54) is 18.4 Å². The number of hydrogen-bond donors (Lipinski definition) is 0. The number of fused-ring (bicyclic) bond motifs is 1. The number of carbonyl (C=O) groups excluding carboxylic acids is 1. The third-order valence-electron chi connectivity index (χ3n) is 4.38. The van der Waals surface area contributed by atoms with Gasteiger partial charge >= 0.3 is 5.97 Å². The van der Waals surface area contributed by atoms with Crippen LogP contribution in [0.5, 0.6) is 0 Å². The third-order valence-corrected chi connectivity index (χ3v) is 5.51. The molecule has 1 atom stereocenters. The van der Waals surface area contributed by atoms with Gasteiger partial charge in [-0.15, -0.1) is 0 Å². The molecule has 0 saturated heterocycles. The first-order valence-corrected chi connectivity index (χ1v) is 9.89. The predicted molar refractivity (Wildman–Crippen MR) is 98.1 cm³/mol. The smallest absolute Gasteiger partial charge is 0.324 e. The van der Waals surface area contributed by atoms with E-state index in [9.17, 15) is 13.2 Å². The summed E-state index contributed by atoms with van der Waals surface area (Å²) in [6.45, 7) is 0. The van der Waals surface area contributed by atoms with E-state index in [1.807, 2.05) is 36.4 Å². The van der Waals surface area contributed by atoms with Crippen LogP contribution in [0.3, 0.4) is 0 Å². The molecule has 26 heavy (non-hydrogen) atoms. The van der Waals surface area contributed by atoms with Gasteiger partial charge in [-0.1, -0.05) is 36.4 Å². The van der Waals surface area contributed by atoms with Crippen molar-refractivity contribution in [2.75, 3.05) is 6.26 Å². The highest BCUT2D eigenvalue weighted by Crippen LogP contribution is 2.37. The van der Waals surface area contributed by atoms with Crippen LogP contribution in [0, 0.1) is 0 Å². The Morgan fingerprint density at radius 3 is 2.42 bits per heavy atom. The lowest BCUT2D eigenvalue weighted by Gasteiger charge is -2.12. The molecule has 0 aliphatic carbocycles. The van der Waals surface area contributed by atoms with E-state index in [0.29, 0.717) is 11.3 Å². The van der Waals surface area contributed by atoms with Crippen LogP contribution in [0.25, 0.3) is 16.5 Å². The molecular formula is C20H15NO4S. The molecule has 1 unspecified atom stereocenters. The second-order valence-electron chi connectivity index (χ2n) is 6.17. The summed E-state index contributed by atoms with van der Waals surface area (Å²) in [4.78, 5) is 17.1. The first-order valence-electron chi connectivity index (χ1n) is 8.00. The fraction of sp³-hybridized carbons (Fsp3) is 0.100. The van der Waals surface area contributed by atoms with E-state index < -0.39 is 21.7 Å². The summed E-state index contributed by atoms with van der Waals surface area (Å²) < 4.78 is 28.4. The van der Waals surface area contributed by atoms with Gasteiger partial charge in [0.15, 0.2) is 9.84 Å². The average Bonchev–Trinajstić information content (AvgIpc) is 3.02. The Morgan fingerprint density at radius 2 is 1.69 bits per heavy atom. The molecule has 1 aromatic heterocycles. The van der Waals surface area contributed by atoms with Gasteiger partial charge in [0.2, 0.25) is 0 Å². The van der Waals surface area contributed by atoms with Gasteiger partial charge in [-0.2, -0.15) is 0 Å². The highest BCUT2D eigenvalue weighted by atomic mass is 32.2. The first kappa shape index (κ1) is 16.5. The lowest BCUT2D eigenvalue weighted by molar-refractivity contribution is -0.136. The molecule has 6 heteroatoms. The van der Waals surface area contributed by atoms with Gasteiger partial charge in [0.05, 0.1) is 22.4 Å². The maximum atomic E-state index is 12.3. The zero-order chi connectivity index (χ0) is 18.3. The molecule has 0 saturated carbocycles. The van der Waals surface area contributed by atoms with Crippen LogP contribution in [0.1, 0.15) is 17.2 Å². The maximum absolute atomic E-state index is 12.3. The van der Waals surface area contributed by atoms with Gasteiger partial charge in [-0.25, -0.2) is 8.42 Å². The number of hydrogen-bond acceptors (Lipinski definition) is 5.